The molecule has 0 bridgehead atoms. The first kappa shape index (κ1) is 41.1. The highest BCUT2D eigenvalue weighted by atomic mass is 15.2. The number of rotatable bonds is 7. The molecular weight excluding hydrogens is 865 g/mol. The molecule has 0 N–H and O–H groups in total. The summed E-state index contributed by atoms with van der Waals surface area (Å²) in [6, 6.07) is 69.1. The van der Waals surface area contributed by atoms with Crippen LogP contribution in [0.2, 0.25) is 0 Å². The molecule has 71 heavy (non-hydrogen) atoms. The van der Waals surface area contributed by atoms with E-state index in [1.807, 2.05) is 36.4 Å². The van der Waals surface area contributed by atoms with E-state index in [0.29, 0.717) is 0 Å². The van der Waals surface area contributed by atoms with Gasteiger partial charge in [0.25, 0.3) is 0 Å². The second-order valence-electron chi connectivity index (χ2n) is 19.3. The number of hydrogen-bond donors (Lipinski definition) is 0. The molecule has 0 aliphatic heterocycles. The number of hydrogen-bond acceptors (Lipinski definition) is 4. The lowest BCUT2D eigenvalue weighted by molar-refractivity contribution is -0.675. The van der Waals surface area contributed by atoms with Crippen molar-refractivity contribution in [3.05, 3.63) is 304 Å². The topological polar surface area (TPSA) is 60.4 Å². The van der Waals surface area contributed by atoms with Crippen molar-refractivity contribution >= 4 is 0 Å². The number of benzene rings is 6. The van der Waals surface area contributed by atoms with Gasteiger partial charge in [0.15, 0.2) is 5.54 Å². The van der Waals surface area contributed by atoms with Crippen LogP contribution in [0.4, 0.5) is 0 Å². The standard InChI is InChI=1S/C65H46N6/c1-42-16-10-17-43(2)59(42)44-31-35-66-58(38-44)64(53-26-8-5-23-50(53)61-56(64)29-14-33-68-61)47-20-11-18-45(39-47)63(52-25-7-4-22-49(52)60-55(63)28-13-32-67-60)46-19-12-21-48(40-46)65(71-37-36-70(3)41-71)54-27-9-6-24-51(54)62-57(65)30-15-34-69-62/h4-40H,1-3H3. The van der Waals surface area contributed by atoms with Crippen molar-refractivity contribution in [3.8, 4) is 44.9 Å². The van der Waals surface area contributed by atoms with Crippen molar-refractivity contribution < 1.29 is 4.57 Å². The lowest BCUT2D eigenvalue weighted by atomic mass is 9.64. The Bertz CT molecular complexity index is 3820. The zero-order valence-corrected chi connectivity index (χ0v) is 39.5. The third-order valence-corrected chi connectivity index (χ3v) is 15.8. The number of aryl methyl sites for hydroxylation is 3. The summed E-state index contributed by atoms with van der Waals surface area (Å²) in [5.74, 6) is 0. The van der Waals surface area contributed by atoms with Gasteiger partial charge in [0.05, 0.1) is 40.7 Å². The van der Waals surface area contributed by atoms with Crippen LogP contribution in [-0.4, -0.2) is 24.5 Å². The third-order valence-electron chi connectivity index (χ3n) is 15.8. The van der Waals surface area contributed by atoms with E-state index in [0.717, 1.165) is 95.1 Å². The van der Waals surface area contributed by atoms with E-state index in [4.69, 9.17) is 19.9 Å². The van der Waals surface area contributed by atoms with Crippen LogP contribution < -0.4 is 4.57 Å². The molecule has 3 aliphatic carbocycles. The van der Waals surface area contributed by atoms with Gasteiger partial charge in [-0.25, -0.2) is 0 Å². The van der Waals surface area contributed by atoms with Crippen LogP contribution >= 0.6 is 0 Å². The van der Waals surface area contributed by atoms with Gasteiger partial charge in [0.2, 0.25) is 6.33 Å². The molecule has 5 heterocycles. The molecule has 11 aromatic rings. The normalized spacial score (nSPS) is 18.8. The van der Waals surface area contributed by atoms with E-state index < -0.39 is 16.4 Å². The Hall–Kier alpha value is -8.87. The van der Waals surface area contributed by atoms with Gasteiger partial charge in [0.1, 0.15) is 0 Å². The molecule has 0 radical (unpaired) electrons. The highest BCUT2D eigenvalue weighted by Crippen LogP contribution is 2.60. The van der Waals surface area contributed by atoms with E-state index >= 15 is 0 Å². The SMILES string of the molecule is Cc1cccc(C)c1-c1ccnc(C2(c3cccc(C4(c5cccc(C6(n7[c-][n+](C)cc7)c7ccccc7-c7ncccc76)c5)c5ccccc5-c5ncccc54)c3)c3ccccc3-c3ncccc32)c1. The second kappa shape index (κ2) is 15.3. The van der Waals surface area contributed by atoms with Gasteiger partial charge < -0.3 is 9.13 Å². The molecule has 3 aliphatic rings. The highest BCUT2D eigenvalue weighted by Gasteiger charge is 2.53. The third kappa shape index (κ3) is 5.44. The number of aromatic nitrogens is 6. The van der Waals surface area contributed by atoms with E-state index in [1.165, 1.54) is 22.3 Å². The van der Waals surface area contributed by atoms with Crippen LogP contribution in [0.15, 0.2) is 225 Å². The highest BCUT2D eigenvalue weighted by molar-refractivity contribution is 5.87. The fraction of sp³-hybridized carbons (Fsp3) is 0.0923. The Kier molecular flexibility index (Phi) is 8.87. The van der Waals surface area contributed by atoms with Gasteiger partial charge in [-0.1, -0.05) is 152 Å². The molecule has 0 amide bonds. The van der Waals surface area contributed by atoms with E-state index in [2.05, 4.69) is 225 Å². The van der Waals surface area contributed by atoms with Gasteiger partial charge in [0, 0.05) is 58.2 Å². The lowest BCUT2D eigenvalue weighted by Gasteiger charge is -2.38. The van der Waals surface area contributed by atoms with Crippen molar-refractivity contribution in [1.29, 1.82) is 0 Å². The molecule has 14 rings (SSSR count). The predicted octanol–water partition coefficient (Wildman–Crippen LogP) is 12.5. The maximum Gasteiger partial charge on any atom is 0.204 e. The van der Waals surface area contributed by atoms with Crippen molar-refractivity contribution in [1.82, 2.24) is 24.5 Å². The van der Waals surface area contributed by atoms with Crippen LogP contribution in [0.1, 0.15) is 72.5 Å². The fourth-order valence-electron chi connectivity index (χ4n) is 13.1. The summed E-state index contributed by atoms with van der Waals surface area (Å²) in [7, 11) is 2.03. The Morgan fingerprint density at radius 2 is 0.901 bits per heavy atom. The van der Waals surface area contributed by atoms with Gasteiger partial charge in [-0.05, 0) is 124 Å². The Labute approximate surface area is 413 Å². The number of pyridine rings is 4. The minimum Gasteiger partial charge on any atom is -0.354 e. The van der Waals surface area contributed by atoms with Crippen molar-refractivity contribution in [2.24, 2.45) is 7.05 Å². The van der Waals surface area contributed by atoms with Gasteiger partial charge in [-0.2, -0.15) is 0 Å². The molecular formula is C65H46N6. The summed E-state index contributed by atoms with van der Waals surface area (Å²) in [4.78, 5) is 20.8. The van der Waals surface area contributed by atoms with Crippen LogP contribution in [0.3, 0.4) is 0 Å². The Morgan fingerprint density at radius 3 is 1.52 bits per heavy atom. The second-order valence-corrected chi connectivity index (χ2v) is 19.3. The number of nitrogens with zero attached hydrogens (tertiary/aromatic N) is 6. The van der Waals surface area contributed by atoms with Crippen LogP contribution in [0, 0.1) is 20.2 Å². The first-order valence-electron chi connectivity index (χ1n) is 24.3. The van der Waals surface area contributed by atoms with Gasteiger partial charge in [-0.15, -0.1) is 0 Å². The lowest BCUT2D eigenvalue weighted by Crippen LogP contribution is -2.38. The summed E-state index contributed by atoms with van der Waals surface area (Å²) in [6.07, 6.45) is 15.6. The maximum atomic E-state index is 5.41. The molecule has 6 heteroatoms. The molecule has 0 saturated heterocycles. The quantitative estimate of drug-likeness (QED) is 0.118. The number of fused-ring (bicyclic) bond motifs is 9. The average molecular weight is 911 g/mol. The van der Waals surface area contributed by atoms with Crippen LogP contribution in [-0.2, 0) is 23.4 Å². The van der Waals surface area contributed by atoms with Crippen LogP contribution in [0.5, 0.6) is 0 Å². The molecule has 5 aromatic heterocycles. The monoisotopic (exact) mass is 910 g/mol. The fourth-order valence-corrected chi connectivity index (χ4v) is 13.1. The first-order chi connectivity index (χ1) is 34.9. The zero-order valence-electron chi connectivity index (χ0n) is 39.5. The average Bonchev–Trinajstić information content (AvgIpc) is 4.17. The van der Waals surface area contributed by atoms with Gasteiger partial charge in [-0.3, -0.25) is 19.9 Å². The maximum absolute atomic E-state index is 5.41. The molecule has 0 spiro atoms. The molecule has 336 valence electrons. The summed E-state index contributed by atoms with van der Waals surface area (Å²) in [5, 5.41) is 0. The summed E-state index contributed by atoms with van der Waals surface area (Å²) < 4.78 is 4.25. The summed E-state index contributed by atoms with van der Waals surface area (Å²) >= 11 is 0. The Balaban J connectivity index is 1.08. The molecule has 3 atom stereocenters. The zero-order chi connectivity index (χ0) is 47.5. The minimum atomic E-state index is -0.824. The molecule has 6 aromatic carbocycles. The predicted molar refractivity (Wildman–Crippen MR) is 279 cm³/mol. The molecule has 3 unspecified atom stereocenters. The number of imidazole rings is 1. The van der Waals surface area contributed by atoms with E-state index in [9.17, 15) is 0 Å². The molecule has 6 nitrogen and oxygen atoms in total. The summed E-state index contributed by atoms with van der Waals surface area (Å²) in [5.41, 5.74) is 21.0. The molecule has 0 fully saturated rings. The smallest absolute Gasteiger partial charge is 0.204 e. The minimum absolute atomic E-state index is 0.781. The van der Waals surface area contributed by atoms with Crippen molar-refractivity contribution in [2.45, 2.75) is 30.2 Å². The van der Waals surface area contributed by atoms with E-state index in [-0.39, 0.29) is 0 Å². The van der Waals surface area contributed by atoms with Crippen molar-refractivity contribution in [3.63, 3.8) is 0 Å². The summed E-state index contributed by atoms with van der Waals surface area (Å²) in [6.45, 7) is 4.40. The molecule has 0 saturated carbocycles. The van der Waals surface area contributed by atoms with Gasteiger partial charge >= 0.3 is 0 Å². The largest absolute Gasteiger partial charge is 0.354 e. The van der Waals surface area contributed by atoms with Crippen LogP contribution in [0.25, 0.3) is 44.9 Å². The first-order valence-corrected chi connectivity index (χ1v) is 24.3. The van der Waals surface area contributed by atoms with E-state index in [1.54, 1.807) is 0 Å². The Morgan fingerprint density at radius 1 is 0.423 bits per heavy atom. The van der Waals surface area contributed by atoms with Crippen molar-refractivity contribution in [2.75, 3.05) is 0 Å².